The molecule has 2 aliphatic rings. The molecule has 2 saturated carbocycles. The smallest absolute Gasteiger partial charge is 0.0594 e. The first kappa shape index (κ1) is 12.4. The first-order valence-corrected chi connectivity index (χ1v) is 6.90. The van der Waals surface area contributed by atoms with Gasteiger partial charge in [-0.25, -0.2) is 0 Å². The Morgan fingerprint density at radius 1 is 1.25 bits per heavy atom. The van der Waals surface area contributed by atoms with Crippen molar-refractivity contribution in [3.63, 3.8) is 0 Å². The third kappa shape index (κ3) is 4.06. The van der Waals surface area contributed by atoms with Gasteiger partial charge in [0.15, 0.2) is 0 Å². The highest BCUT2D eigenvalue weighted by Crippen LogP contribution is 2.39. The Labute approximate surface area is 100 Å². The number of ether oxygens (including phenoxy) is 1. The Morgan fingerprint density at radius 3 is 2.62 bits per heavy atom. The summed E-state index contributed by atoms with van der Waals surface area (Å²) >= 11 is 0. The zero-order valence-corrected chi connectivity index (χ0v) is 11.1. The highest BCUT2D eigenvalue weighted by atomic mass is 16.5. The van der Waals surface area contributed by atoms with Gasteiger partial charge in [0, 0.05) is 12.6 Å². The Balaban J connectivity index is 1.63. The van der Waals surface area contributed by atoms with Gasteiger partial charge in [0.1, 0.15) is 0 Å². The van der Waals surface area contributed by atoms with E-state index in [9.17, 15) is 0 Å². The fourth-order valence-corrected chi connectivity index (χ4v) is 3.16. The average Bonchev–Trinajstić information content (AvgIpc) is 2.92. The van der Waals surface area contributed by atoms with Crippen molar-refractivity contribution in [1.29, 1.82) is 0 Å². The molecule has 2 heteroatoms. The summed E-state index contributed by atoms with van der Waals surface area (Å²) < 4.78 is 6.00. The minimum absolute atomic E-state index is 0.478. The van der Waals surface area contributed by atoms with Gasteiger partial charge in [-0.3, -0.25) is 0 Å². The molecular formula is C14H27NO. The van der Waals surface area contributed by atoms with E-state index in [2.05, 4.69) is 26.1 Å². The third-order valence-electron chi connectivity index (χ3n) is 3.81. The van der Waals surface area contributed by atoms with Crippen molar-refractivity contribution in [2.45, 2.75) is 65.0 Å². The zero-order chi connectivity index (χ0) is 11.6. The van der Waals surface area contributed by atoms with Crippen molar-refractivity contribution >= 4 is 0 Å². The molecule has 0 heterocycles. The van der Waals surface area contributed by atoms with E-state index in [1.807, 2.05) is 0 Å². The molecule has 2 unspecified atom stereocenters. The van der Waals surface area contributed by atoms with Crippen molar-refractivity contribution in [3.8, 4) is 0 Å². The van der Waals surface area contributed by atoms with Crippen LogP contribution >= 0.6 is 0 Å². The predicted molar refractivity (Wildman–Crippen MR) is 67.6 cm³/mol. The lowest BCUT2D eigenvalue weighted by molar-refractivity contribution is -0.0213. The van der Waals surface area contributed by atoms with Gasteiger partial charge in [0.05, 0.1) is 12.7 Å². The van der Waals surface area contributed by atoms with Gasteiger partial charge in [-0.2, -0.15) is 0 Å². The van der Waals surface area contributed by atoms with Crippen molar-refractivity contribution in [1.82, 2.24) is 5.32 Å². The maximum absolute atomic E-state index is 6.00. The molecule has 0 bridgehead atoms. The standard InChI is InChI=1S/C14H27NO/c1-11-8-13(10-14(2,3)9-11)16-7-6-15-12-4-5-12/h11-13,15H,4-10H2,1-3H3. The van der Waals surface area contributed by atoms with E-state index in [1.165, 1.54) is 32.1 Å². The maximum atomic E-state index is 6.00. The van der Waals surface area contributed by atoms with E-state index in [0.29, 0.717) is 11.5 Å². The molecule has 0 saturated heterocycles. The molecule has 0 aliphatic heterocycles. The van der Waals surface area contributed by atoms with Gasteiger partial charge in [0.2, 0.25) is 0 Å². The van der Waals surface area contributed by atoms with Gasteiger partial charge in [-0.15, -0.1) is 0 Å². The molecule has 2 fully saturated rings. The molecule has 0 spiro atoms. The molecule has 0 aromatic carbocycles. The number of hydrogen-bond acceptors (Lipinski definition) is 2. The van der Waals surface area contributed by atoms with Crippen molar-refractivity contribution in [2.75, 3.05) is 13.2 Å². The number of rotatable bonds is 5. The quantitative estimate of drug-likeness (QED) is 0.726. The molecule has 1 N–H and O–H groups in total. The van der Waals surface area contributed by atoms with Gasteiger partial charge in [-0.05, 0) is 43.4 Å². The maximum Gasteiger partial charge on any atom is 0.0594 e. The SMILES string of the molecule is CC1CC(OCCNC2CC2)CC(C)(C)C1. The first-order valence-electron chi connectivity index (χ1n) is 6.90. The minimum Gasteiger partial charge on any atom is -0.377 e. The minimum atomic E-state index is 0.478. The molecule has 0 aromatic rings. The Bertz CT molecular complexity index is 223. The Morgan fingerprint density at radius 2 is 2.00 bits per heavy atom. The van der Waals surface area contributed by atoms with E-state index in [0.717, 1.165) is 25.1 Å². The molecule has 0 amide bonds. The Hall–Kier alpha value is -0.0800. The first-order chi connectivity index (χ1) is 7.55. The van der Waals surface area contributed by atoms with E-state index in [4.69, 9.17) is 4.74 Å². The molecule has 2 atom stereocenters. The zero-order valence-electron chi connectivity index (χ0n) is 11.1. The van der Waals surface area contributed by atoms with Crippen LogP contribution < -0.4 is 5.32 Å². The topological polar surface area (TPSA) is 21.3 Å². The normalized spacial score (nSPS) is 33.9. The second kappa shape index (κ2) is 5.05. The van der Waals surface area contributed by atoms with Crippen LogP contribution in [-0.2, 0) is 4.74 Å². The third-order valence-corrected chi connectivity index (χ3v) is 3.81. The van der Waals surface area contributed by atoms with Crippen LogP contribution in [0.5, 0.6) is 0 Å². The van der Waals surface area contributed by atoms with Gasteiger partial charge in [0.25, 0.3) is 0 Å². The lowest BCUT2D eigenvalue weighted by Crippen LogP contribution is -2.34. The fraction of sp³-hybridized carbons (Fsp3) is 1.00. The summed E-state index contributed by atoms with van der Waals surface area (Å²) in [5, 5.41) is 3.50. The highest BCUT2D eigenvalue weighted by Gasteiger charge is 2.32. The molecule has 2 rings (SSSR count). The van der Waals surface area contributed by atoms with Gasteiger partial charge >= 0.3 is 0 Å². The molecule has 2 aliphatic carbocycles. The molecule has 16 heavy (non-hydrogen) atoms. The molecule has 0 aromatic heterocycles. The summed E-state index contributed by atoms with van der Waals surface area (Å²) in [6, 6.07) is 0.810. The lowest BCUT2D eigenvalue weighted by Gasteiger charge is -2.38. The van der Waals surface area contributed by atoms with Gasteiger partial charge in [-0.1, -0.05) is 20.8 Å². The van der Waals surface area contributed by atoms with Crippen LogP contribution in [0, 0.1) is 11.3 Å². The summed E-state index contributed by atoms with van der Waals surface area (Å²) in [5.41, 5.74) is 0.478. The summed E-state index contributed by atoms with van der Waals surface area (Å²) in [5.74, 6) is 0.824. The van der Waals surface area contributed by atoms with Crippen LogP contribution in [-0.4, -0.2) is 25.3 Å². The second-order valence-electron chi connectivity index (χ2n) is 6.63. The van der Waals surface area contributed by atoms with E-state index < -0.39 is 0 Å². The van der Waals surface area contributed by atoms with Crippen LogP contribution in [0.1, 0.15) is 52.9 Å². The van der Waals surface area contributed by atoms with E-state index in [1.54, 1.807) is 0 Å². The van der Waals surface area contributed by atoms with Crippen LogP contribution in [0.4, 0.5) is 0 Å². The Kier molecular flexibility index (Phi) is 3.91. The average molecular weight is 225 g/mol. The van der Waals surface area contributed by atoms with Crippen molar-refractivity contribution in [3.05, 3.63) is 0 Å². The fourth-order valence-electron chi connectivity index (χ4n) is 3.16. The molecule has 2 nitrogen and oxygen atoms in total. The second-order valence-corrected chi connectivity index (χ2v) is 6.63. The molecule has 94 valence electrons. The van der Waals surface area contributed by atoms with Crippen LogP contribution in [0.3, 0.4) is 0 Å². The summed E-state index contributed by atoms with van der Waals surface area (Å²) in [4.78, 5) is 0. The number of nitrogens with one attached hydrogen (secondary N) is 1. The monoisotopic (exact) mass is 225 g/mol. The van der Waals surface area contributed by atoms with Crippen molar-refractivity contribution in [2.24, 2.45) is 11.3 Å². The molecular weight excluding hydrogens is 198 g/mol. The number of hydrogen-bond donors (Lipinski definition) is 1. The van der Waals surface area contributed by atoms with E-state index >= 15 is 0 Å². The van der Waals surface area contributed by atoms with E-state index in [-0.39, 0.29) is 0 Å². The summed E-state index contributed by atoms with van der Waals surface area (Å²) in [6.45, 7) is 9.04. The van der Waals surface area contributed by atoms with Crippen LogP contribution in [0.15, 0.2) is 0 Å². The van der Waals surface area contributed by atoms with Crippen molar-refractivity contribution < 1.29 is 4.74 Å². The lowest BCUT2D eigenvalue weighted by atomic mass is 9.71. The largest absolute Gasteiger partial charge is 0.377 e. The summed E-state index contributed by atoms with van der Waals surface area (Å²) in [6.07, 6.45) is 7.08. The van der Waals surface area contributed by atoms with Crippen LogP contribution in [0.25, 0.3) is 0 Å². The predicted octanol–water partition coefficient (Wildman–Crippen LogP) is 2.97. The highest BCUT2D eigenvalue weighted by molar-refractivity contribution is 4.84. The van der Waals surface area contributed by atoms with Crippen LogP contribution in [0.2, 0.25) is 0 Å². The van der Waals surface area contributed by atoms with Gasteiger partial charge < -0.3 is 10.1 Å². The summed E-state index contributed by atoms with van der Waals surface area (Å²) in [7, 11) is 0. The molecule has 0 radical (unpaired) electrons.